The molecule has 1 saturated heterocycles. The van der Waals surface area contributed by atoms with Crippen LogP contribution in [0.1, 0.15) is 24.5 Å². The normalized spacial score (nSPS) is 16.5. The zero-order valence-electron chi connectivity index (χ0n) is 16.1. The molecule has 2 amide bonds. The van der Waals surface area contributed by atoms with E-state index in [1.54, 1.807) is 24.0 Å². The quantitative estimate of drug-likeness (QED) is 0.788. The second kappa shape index (κ2) is 8.25. The Labute approximate surface area is 160 Å². The van der Waals surface area contributed by atoms with Crippen LogP contribution in [-0.4, -0.2) is 37.4 Å². The summed E-state index contributed by atoms with van der Waals surface area (Å²) in [6.45, 7) is 3.03. The topological polar surface area (TPSA) is 49.9 Å². The molecule has 1 atom stereocenters. The highest BCUT2D eigenvalue weighted by Crippen LogP contribution is 2.29. The Balaban J connectivity index is 1.67. The third-order valence-electron chi connectivity index (χ3n) is 5.09. The predicted octanol–water partition coefficient (Wildman–Crippen LogP) is 3.27. The lowest BCUT2D eigenvalue weighted by Crippen LogP contribution is -2.34. The van der Waals surface area contributed by atoms with Crippen LogP contribution in [-0.2, 0) is 22.6 Å². The summed E-state index contributed by atoms with van der Waals surface area (Å²) in [7, 11) is 3.42. The van der Waals surface area contributed by atoms with Gasteiger partial charge in [0.15, 0.2) is 0 Å². The van der Waals surface area contributed by atoms with Crippen LogP contribution in [0.3, 0.4) is 0 Å². The average molecular weight is 366 g/mol. The maximum atomic E-state index is 12.9. The minimum atomic E-state index is -0.300. The van der Waals surface area contributed by atoms with Gasteiger partial charge in [0, 0.05) is 32.2 Å². The van der Waals surface area contributed by atoms with Gasteiger partial charge < -0.3 is 14.5 Å². The molecule has 1 heterocycles. The molecule has 0 bridgehead atoms. The molecule has 2 aromatic carbocycles. The molecule has 5 nitrogen and oxygen atoms in total. The first-order chi connectivity index (χ1) is 13.0. The number of hydrogen-bond acceptors (Lipinski definition) is 3. The highest BCUT2D eigenvalue weighted by atomic mass is 16.5. The second-order valence-corrected chi connectivity index (χ2v) is 6.93. The van der Waals surface area contributed by atoms with Gasteiger partial charge in [0.2, 0.25) is 11.8 Å². The molecule has 1 fully saturated rings. The van der Waals surface area contributed by atoms with E-state index < -0.39 is 0 Å². The first-order valence-corrected chi connectivity index (χ1v) is 9.29. The molecule has 2 aromatic rings. The Morgan fingerprint density at radius 1 is 1.19 bits per heavy atom. The zero-order chi connectivity index (χ0) is 19.4. The highest BCUT2D eigenvalue weighted by molar-refractivity contribution is 6.00. The van der Waals surface area contributed by atoms with Crippen molar-refractivity contribution in [2.45, 2.75) is 26.3 Å². The fraction of sp³-hybridized carbons (Fsp3) is 0.364. The molecule has 27 heavy (non-hydrogen) atoms. The summed E-state index contributed by atoms with van der Waals surface area (Å²) in [6.07, 6.45) is 1.12. The van der Waals surface area contributed by atoms with Crippen molar-refractivity contribution in [1.29, 1.82) is 0 Å². The van der Waals surface area contributed by atoms with Crippen LogP contribution in [0.15, 0.2) is 48.5 Å². The van der Waals surface area contributed by atoms with Crippen LogP contribution in [0.2, 0.25) is 0 Å². The molecule has 3 rings (SSSR count). The third-order valence-corrected chi connectivity index (χ3v) is 5.09. The van der Waals surface area contributed by atoms with Crippen molar-refractivity contribution in [2.75, 3.05) is 25.6 Å². The van der Waals surface area contributed by atoms with Crippen LogP contribution in [0.25, 0.3) is 0 Å². The van der Waals surface area contributed by atoms with E-state index in [1.165, 1.54) is 0 Å². The number of carbonyl (C=O) groups is 2. The Morgan fingerprint density at radius 3 is 2.56 bits per heavy atom. The average Bonchev–Trinajstić information content (AvgIpc) is 3.09. The van der Waals surface area contributed by atoms with Crippen LogP contribution in [0.5, 0.6) is 5.75 Å². The van der Waals surface area contributed by atoms with Crippen LogP contribution < -0.4 is 9.64 Å². The summed E-state index contributed by atoms with van der Waals surface area (Å²) < 4.78 is 5.16. The smallest absolute Gasteiger partial charge is 0.228 e. The van der Waals surface area contributed by atoms with Gasteiger partial charge in [-0.2, -0.15) is 0 Å². The number of methoxy groups -OCH3 is 1. The maximum absolute atomic E-state index is 12.9. The monoisotopic (exact) mass is 366 g/mol. The van der Waals surface area contributed by atoms with E-state index >= 15 is 0 Å². The van der Waals surface area contributed by atoms with Crippen LogP contribution in [0.4, 0.5) is 5.69 Å². The number of nitrogens with zero attached hydrogens (tertiary/aromatic N) is 2. The largest absolute Gasteiger partial charge is 0.497 e. The standard InChI is InChI=1S/C22H26N2O3/c1-4-17-7-5-6-8-20(17)24-15-18(13-21(24)25)22(26)23(2)14-16-9-11-19(27-3)12-10-16/h5-12,18H,4,13-15H2,1-3H3. The van der Waals surface area contributed by atoms with E-state index in [0.717, 1.165) is 29.0 Å². The number of rotatable bonds is 6. The molecule has 0 N–H and O–H groups in total. The fourth-order valence-corrected chi connectivity index (χ4v) is 3.57. The number of carbonyl (C=O) groups excluding carboxylic acids is 2. The number of amides is 2. The summed E-state index contributed by atoms with van der Waals surface area (Å²) in [5, 5.41) is 0. The maximum Gasteiger partial charge on any atom is 0.228 e. The van der Waals surface area contributed by atoms with Gasteiger partial charge in [-0.15, -0.1) is 0 Å². The summed E-state index contributed by atoms with van der Waals surface area (Å²) in [5.41, 5.74) is 3.09. The van der Waals surface area contributed by atoms with Crippen molar-refractivity contribution in [3.63, 3.8) is 0 Å². The number of benzene rings is 2. The van der Waals surface area contributed by atoms with E-state index in [4.69, 9.17) is 4.74 Å². The lowest BCUT2D eigenvalue weighted by molar-refractivity contribution is -0.135. The van der Waals surface area contributed by atoms with E-state index in [-0.39, 0.29) is 24.2 Å². The van der Waals surface area contributed by atoms with E-state index in [9.17, 15) is 9.59 Å². The molecular formula is C22H26N2O3. The number of ether oxygens (including phenoxy) is 1. The first-order valence-electron chi connectivity index (χ1n) is 9.29. The molecule has 1 aliphatic heterocycles. The zero-order valence-corrected chi connectivity index (χ0v) is 16.1. The SMILES string of the molecule is CCc1ccccc1N1CC(C(=O)N(C)Cc2ccc(OC)cc2)CC1=O. The number of hydrogen-bond donors (Lipinski definition) is 0. The Hall–Kier alpha value is -2.82. The van der Waals surface area contributed by atoms with Gasteiger partial charge in [0.25, 0.3) is 0 Å². The molecule has 0 aromatic heterocycles. The van der Waals surface area contributed by atoms with Gasteiger partial charge in [-0.05, 0) is 35.7 Å². The summed E-state index contributed by atoms with van der Waals surface area (Å²) in [4.78, 5) is 28.9. The highest BCUT2D eigenvalue weighted by Gasteiger charge is 2.37. The van der Waals surface area contributed by atoms with Crippen molar-refractivity contribution in [1.82, 2.24) is 4.90 Å². The van der Waals surface area contributed by atoms with E-state index in [0.29, 0.717) is 13.1 Å². The Bertz CT molecular complexity index is 817. The van der Waals surface area contributed by atoms with Gasteiger partial charge in [-0.25, -0.2) is 0 Å². The summed E-state index contributed by atoms with van der Waals surface area (Å²) in [5.74, 6) is 0.521. The number of anilines is 1. The molecule has 1 aliphatic rings. The number of aryl methyl sites for hydroxylation is 1. The van der Waals surface area contributed by atoms with Crippen molar-refractivity contribution >= 4 is 17.5 Å². The van der Waals surface area contributed by atoms with Crippen molar-refractivity contribution in [2.24, 2.45) is 5.92 Å². The van der Waals surface area contributed by atoms with Crippen LogP contribution >= 0.6 is 0 Å². The second-order valence-electron chi connectivity index (χ2n) is 6.93. The van der Waals surface area contributed by atoms with Gasteiger partial charge in [0.1, 0.15) is 5.75 Å². The van der Waals surface area contributed by atoms with Gasteiger partial charge >= 0.3 is 0 Å². The van der Waals surface area contributed by atoms with E-state index in [2.05, 4.69) is 6.92 Å². The van der Waals surface area contributed by atoms with E-state index in [1.807, 2.05) is 48.5 Å². The van der Waals surface area contributed by atoms with Gasteiger partial charge in [-0.1, -0.05) is 37.3 Å². The Morgan fingerprint density at radius 2 is 1.89 bits per heavy atom. The third kappa shape index (κ3) is 4.13. The molecule has 0 radical (unpaired) electrons. The summed E-state index contributed by atoms with van der Waals surface area (Å²) >= 11 is 0. The Kier molecular flexibility index (Phi) is 5.79. The molecule has 0 aliphatic carbocycles. The first kappa shape index (κ1) is 19.0. The lowest BCUT2D eigenvalue weighted by atomic mass is 10.1. The molecule has 5 heteroatoms. The van der Waals surface area contributed by atoms with Crippen molar-refractivity contribution < 1.29 is 14.3 Å². The molecule has 0 spiro atoms. The molecular weight excluding hydrogens is 340 g/mol. The molecule has 1 unspecified atom stereocenters. The fourth-order valence-electron chi connectivity index (χ4n) is 3.57. The predicted molar refractivity (Wildman–Crippen MR) is 106 cm³/mol. The minimum Gasteiger partial charge on any atom is -0.497 e. The van der Waals surface area contributed by atoms with Crippen molar-refractivity contribution in [3.8, 4) is 5.75 Å². The van der Waals surface area contributed by atoms with Gasteiger partial charge in [-0.3, -0.25) is 9.59 Å². The number of para-hydroxylation sites is 1. The molecule has 0 saturated carbocycles. The van der Waals surface area contributed by atoms with Crippen molar-refractivity contribution in [3.05, 3.63) is 59.7 Å². The molecule has 142 valence electrons. The summed E-state index contributed by atoms with van der Waals surface area (Å²) in [6, 6.07) is 15.6. The lowest BCUT2D eigenvalue weighted by Gasteiger charge is -2.22. The van der Waals surface area contributed by atoms with Crippen LogP contribution in [0, 0.1) is 5.92 Å². The minimum absolute atomic E-state index is 0.00986. The van der Waals surface area contributed by atoms with Gasteiger partial charge in [0.05, 0.1) is 13.0 Å².